The molecule has 0 radical (unpaired) electrons. The molecule has 1 saturated heterocycles. The van der Waals surface area contributed by atoms with E-state index in [0.717, 1.165) is 5.56 Å². The van der Waals surface area contributed by atoms with E-state index >= 15 is 0 Å². The summed E-state index contributed by atoms with van der Waals surface area (Å²) in [7, 11) is 1.59. The number of Topliss-reactive ketones (excluding diaryl/α,β-unsaturated/α-hetero) is 1. The summed E-state index contributed by atoms with van der Waals surface area (Å²) in [6.07, 6.45) is 1.47. The van der Waals surface area contributed by atoms with Crippen LogP contribution in [0.15, 0.2) is 64.8 Å². The van der Waals surface area contributed by atoms with Crippen LogP contribution < -0.4 is 9.64 Å². The van der Waals surface area contributed by atoms with E-state index in [-0.39, 0.29) is 17.3 Å². The number of ketones is 1. The molecule has 1 fully saturated rings. The molecular weight excluding hydrogens is 442 g/mol. The highest BCUT2D eigenvalue weighted by molar-refractivity contribution is 6.51. The van der Waals surface area contributed by atoms with E-state index in [1.54, 1.807) is 43.5 Å². The summed E-state index contributed by atoms with van der Waals surface area (Å²) in [5.74, 6) is -0.623. The number of aliphatic hydroxyl groups is 1. The van der Waals surface area contributed by atoms with Crippen LogP contribution in [0.5, 0.6) is 5.75 Å². The van der Waals surface area contributed by atoms with Gasteiger partial charge in [0.1, 0.15) is 23.3 Å². The lowest BCUT2D eigenvalue weighted by molar-refractivity contribution is -0.132. The molecular formula is C26H24ClNO5. The Morgan fingerprint density at radius 3 is 2.42 bits per heavy atom. The van der Waals surface area contributed by atoms with Crippen molar-refractivity contribution in [3.05, 3.63) is 87.8 Å². The number of methoxy groups -OCH3 is 1. The number of carbonyl (C=O) groups is 2. The van der Waals surface area contributed by atoms with E-state index in [1.807, 2.05) is 32.9 Å². The number of rotatable bonds is 5. The normalized spacial score (nSPS) is 17.8. The van der Waals surface area contributed by atoms with Crippen LogP contribution in [0.1, 0.15) is 48.3 Å². The molecule has 170 valence electrons. The molecule has 1 aromatic heterocycles. The zero-order valence-electron chi connectivity index (χ0n) is 18.8. The van der Waals surface area contributed by atoms with Crippen molar-refractivity contribution < 1.29 is 23.8 Å². The quantitative estimate of drug-likeness (QED) is 0.284. The van der Waals surface area contributed by atoms with Crippen molar-refractivity contribution in [3.8, 4) is 5.75 Å². The largest absolute Gasteiger partial charge is 0.507 e. The van der Waals surface area contributed by atoms with Crippen LogP contribution in [0, 0.1) is 6.92 Å². The number of ether oxygens (including phenoxy) is 1. The standard InChI is InChI=1S/C26H24ClNO5/c1-14(2)18-13-19(15(3)12-21(18)32-4)24(29)22-23(20-6-5-11-33-20)28(26(31)25(22)30)17-9-7-16(27)8-10-17/h5-14,23,29H,1-4H3/b24-22+. The average molecular weight is 466 g/mol. The van der Waals surface area contributed by atoms with Gasteiger partial charge < -0.3 is 14.3 Å². The molecule has 0 saturated carbocycles. The first-order valence-electron chi connectivity index (χ1n) is 10.5. The SMILES string of the molecule is COc1cc(C)c(/C(O)=C2\C(=O)C(=O)N(c3ccc(Cl)cc3)C2c2ccco2)cc1C(C)C. The van der Waals surface area contributed by atoms with Crippen LogP contribution in [0.4, 0.5) is 5.69 Å². The second kappa shape index (κ2) is 8.79. The van der Waals surface area contributed by atoms with Gasteiger partial charge in [-0.3, -0.25) is 14.5 Å². The first-order valence-corrected chi connectivity index (χ1v) is 10.9. The number of aryl methyl sites for hydroxylation is 1. The van der Waals surface area contributed by atoms with Crippen LogP contribution in [-0.4, -0.2) is 23.9 Å². The van der Waals surface area contributed by atoms with Crippen molar-refractivity contribution in [1.29, 1.82) is 0 Å². The second-order valence-electron chi connectivity index (χ2n) is 8.22. The molecule has 1 N–H and O–H groups in total. The fourth-order valence-corrected chi connectivity index (χ4v) is 4.27. The highest BCUT2D eigenvalue weighted by Gasteiger charge is 2.48. The number of nitrogens with zero attached hydrogens (tertiary/aromatic N) is 1. The van der Waals surface area contributed by atoms with Gasteiger partial charge in [-0.25, -0.2) is 0 Å². The fourth-order valence-electron chi connectivity index (χ4n) is 4.14. The molecule has 1 aliphatic heterocycles. The number of hydrogen-bond donors (Lipinski definition) is 1. The summed E-state index contributed by atoms with van der Waals surface area (Å²) in [6, 6.07) is 12.6. The van der Waals surface area contributed by atoms with Gasteiger partial charge in [-0.2, -0.15) is 0 Å². The number of carbonyl (C=O) groups excluding carboxylic acids is 2. The van der Waals surface area contributed by atoms with E-state index in [1.165, 1.54) is 11.2 Å². The van der Waals surface area contributed by atoms with Crippen LogP contribution in [0.3, 0.4) is 0 Å². The van der Waals surface area contributed by atoms with Crippen LogP contribution in [-0.2, 0) is 9.59 Å². The maximum atomic E-state index is 13.2. The fraction of sp³-hybridized carbons (Fsp3) is 0.231. The molecule has 2 aromatic carbocycles. The van der Waals surface area contributed by atoms with E-state index in [2.05, 4.69) is 0 Å². The number of anilines is 1. The van der Waals surface area contributed by atoms with Crippen molar-refractivity contribution in [2.24, 2.45) is 0 Å². The van der Waals surface area contributed by atoms with Gasteiger partial charge in [-0.05, 0) is 72.5 Å². The maximum Gasteiger partial charge on any atom is 0.300 e. The lowest BCUT2D eigenvalue weighted by atomic mass is 9.92. The summed E-state index contributed by atoms with van der Waals surface area (Å²) in [5.41, 5.74) is 2.49. The third-order valence-corrected chi connectivity index (χ3v) is 6.07. The van der Waals surface area contributed by atoms with Crippen LogP contribution in [0.25, 0.3) is 5.76 Å². The third kappa shape index (κ3) is 3.91. The Morgan fingerprint density at radius 2 is 1.85 bits per heavy atom. The topological polar surface area (TPSA) is 80.0 Å². The summed E-state index contributed by atoms with van der Waals surface area (Å²) in [6.45, 7) is 5.84. The van der Waals surface area contributed by atoms with E-state index in [0.29, 0.717) is 33.3 Å². The maximum absolute atomic E-state index is 13.2. The first kappa shape index (κ1) is 22.7. The van der Waals surface area contributed by atoms with Crippen molar-refractivity contribution >= 4 is 34.7 Å². The van der Waals surface area contributed by atoms with Crippen LogP contribution >= 0.6 is 11.6 Å². The van der Waals surface area contributed by atoms with Crippen molar-refractivity contribution in [2.75, 3.05) is 12.0 Å². The van der Waals surface area contributed by atoms with Crippen molar-refractivity contribution in [3.63, 3.8) is 0 Å². The predicted octanol–water partition coefficient (Wildman–Crippen LogP) is 6.00. The molecule has 1 aliphatic rings. The zero-order chi connectivity index (χ0) is 23.9. The minimum absolute atomic E-state index is 0.0344. The van der Waals surface area contributed by atoms with Crippen molar-refractivity contribution in [1.82, 2.24) is 0 Å². The lowest BCUT2D eigenvalue weighted by Crippen LogP contribution is -2.29. The van der Waals surface area contributed by atoms with Gasteiger partial charge in [0.05, 0.1) is 18.9 Å². The Kier molecular flexibility index (Phi) is 6.04. The molecule has 0 bridgehead atoms. The number of hydrogen-bond acceptors (Lipinski definition) is 5. The molecule has 0 aliphatic carbocycles. The molecule has 4 rings (SSSR count). The van der Waals surface area contributed by atoms with Gasteiger partial charge in [0.2, 0.25) is 0 Å². The van der Waals surface area contributed by atoms with Gasteiger partial charge >= 0.3 is 0 Å². The van der Waals surface area contributed by atoms with E-state index in [9.17, 15) is 14.7 Å². The van der Waals surface area contributed by atoms with Gasteiger partial charge in [0.25, 0.3) is 11.7 Å². The summed E-state index contributed by atoms with van der Waals surface area (Å²) in [4.78, 5) is 27.7. The van der Waals surface area contributed by atoms with E-state index in [4.69, 9.17) is 20.8 Å². The molecule has 3 aromatic rings. The third-order valence-electron chi connectivity index (χ3n) is 5.82. The smallest absolute Gasteiger partial charge is 0.300 e. The second-order valence-corrected chi connectivity index (χ2v) is 8.66. The monoisotopic (exact) mass is 465 g/mol. The number of amides is 1. The van der Waals surface area contributed by atoms with Gasteiger partial charge in [-0.15, -0.1) is 0 Å². The highest BCUT2D eigenvalue weighted by Crippen LogP contribution is 2.43. The minimum atomic E-state index is -0.926. The molecule has 1 unspecified atom stereocenters. The summed E-state index contributed by atoms with van der Waals surface area (Å²) < 4.78 is 11.1. The summed E-state index contributed by atoms with van der Waals surface area (Å²) >= 11 is 6.01. The predicted molar refractivity (Wildman–Crippen MR) is 127 cm³/mol. The number of furan rings is 1. The molecule has 1 amide bonds. The number of halogens is 1. The zero-order valence-corrected chi connectivity index (χ0v) is 19.5. The highest BCUT2D eigenvalue weighted by atomic mass is 35.5. The van der Waals surface area contributed by atoms with E-state index < -0.39 is 17.7 Å². The summed E-state index contributed by atoms with van der Waals surface area (Å²) in [5, 5.41) is 11.9. The Bertz CT molecular complexity index is 1240. The Balaban J connectivity index is 1.95. The first-order chi connectivity index (χ1) is 15.7. The Labute approximate surface area is 197 Å². The number of aliphatic hydroxyl groups excluding tert-OH is 1. The minimum Gasteiger partial charge on any atom is -0.507 e. The van der Waals surface area contributed by atoms with Gasteiger partial charge in [0, 0.05) is 16.3 Å². The van der Waals surface area contributed by atoms with Crippen LogP contribution in [0.2, 0.25) is 5.02 Å². The molecule has 33 heavy (non-hydrogen) atoms. The van der Waals surface area contributed by atoms with Crippen molar-refractivity contribution in [2.45, 2.75) is 32.7 Å². The molecule has 6 nitrogen and oxygen atoms in total. The molecule has 7 heteroatoms. The average Bonchev–Trinajstić information content (AvgIpc) is 3.40. The Hall–Kier alpha value is -3.51. The molecule has 1 atom stereocenters. The molecule has 0 spiro atoms. The molecule has 2 heterocycles. The van der Waals surface area contributed by atoms with Gasteiger partial charge in [-0.1, -0.05) is 25.4 Å². The Morgan fingerprint density at radius 1 is 1.15 bits per heavy atom. The van der Waals surface area contributed by atoms with Gasteiger partial charge in [0.15, 0.2) is 0 Å². The lowest BCUT2D eigenvalue weighted by Gasteiger charge is -2.23. The number of benzene rings is 2.